The van der Waals surface area contributed by atoms with Crippen molar-refractivity contribution < 1.29 is 0 Å². The van der Waals surface area contributed by atoms with Crippen molar-refractivity contribution in [2.75, 3.05) is 12.4 Å². The predicted molar refractivity (Wildman–Crippen MR) is 105 cm³/mol. The van der Waals surface area contributed by atoms with Crippen molar-refractivity contribution >= 4 is 49.8 Å². The van der Waals surface area contributed by atoms with Gasteiger partial charge in [0.25, 0.3) is 5.56 Å². The standard InChI is InChI=1S/C16H19N5OS3/c1-7-4-5-9-10(6-7)24-14-11(9)13(22)18-12(19-14)8(2)23-16-21-20-15(17-3)25-16/h7-8H,4-6H2,1-3H3,(H,17,20)(H,18,19,22)/t7-,8-/m1/s1. The minimum absolute atomic E-state index is 0.00678. The molecule has 3 aromatic heterocycles. The lowest BCUT2D eigenvalue weighted by Crippen LogP contribution is -2.15. The highest BCUT2D eigenvalue weighted by molar-refractivity contribution is 8.01. The van der Waals surface area contributed by atoms with Crippen molar-refractivity contribution in [1.82, 2.24) is 20.2 Å². The molecule has 0 unspecified atom stereocenters. The lowest BCUT2D eigenvalue weighted by molar-refractivity contribution is 0.509. The second-order valence-electron chi connectivity index (χ2n) is 6.37. The first-order chi connectivity index (χ1) is 12.0. The number of fused-ring (bicyclic) bond motifs is 3. The van der Waals surface area contributed by atoms with Crippen LogP contribution in [-0.2, 0) is 12.8 Å². The summed E-state index contributed by atoms with van der Waals surface area (Å²) in [7, 11) is 1.82. The summed E-state index contributed by atoms with van der Waals surface area (Å²) in [6.45, 7) is 4.31. The first-order valence-electron chi connectivity index (χ1n) is 8.27. The summed E-state index contributed by atoms with van der Waals surface area (Å²) in [6.07, 6.45) is 3.20. The lowest BCUT2D eigenvalue weighted by Gasteiger charge is -2.17. The molecule has 0 spiro atoms. The van der Waals surface area contributed by atoms with E-state index in [-0.39, 0.29) is 10.8 Å². The SMILES string of the molecule is CNc1nnc(S[C@H](C)c2nc3sc4c(c3c(=O)[nH]2)CC[C@@H](C)C4)s1. The van der Waals surface area contributed by atoms with Crippen LogP contribution in [0.3, 0.4) is 0 Å². The highest BCUT2D eigenvalue weighted by Gasteiger charge is 2.24. The molecule has 2 N–H and O–H groups in total. The molecule has 4 rings (SSSR count). The van der Waals surface area contributed by atoms with Crippen molar-refractivity contribution in [2.24, 2.45) is 5.92 Å². The van der Waals surface area contributed by atoms with Crippen LogP contribution in [0.2, 0.25) is 0 Å². The van der Waals surface area contributed by atoms with Crippen LogP contribution in [0.25, 0.3) is 10.2 Å². The van der Waals surface area contributed by atoms with Gasteiger partial charge in [0.2, 0.25) is 5.13 Å². The van der Waals surface area contributed by atoms with Gasteiger partial charge in [0.05, 0.1) is 10.6 Å². The molecule has 0 saturated carbocycles. The number of anilines is 1. The summed E-state index contributed by atoms with van der Waals surface area (Å²) >= 11 is 4.75. The second-order valence-corrected chi connectivity index (χ2v) is 10.0. The van der Waals surface area contributed by atoms with E-state index in [1.165, 1.54) is 21.8 Å². The number of hydrogen-bond acceptors (Lipinski definition) is 8. The molecule has 0 bridgehead atoms. The van der Waals surface area contributed by atoms with Crippen LogP contribution < -0.4 is 10.9 Å². The van der Waals surface area contributed by atoms with E-state index in [9.17, 15) is 4.79 Å². The first kappa shape index (κ1) is 17.0. The van der Waals surface area contributed by atoms with Gasteiger partial charge < -0.3 is 10.3 Å². The fourth-order valence-corrected chi connectivity index (χ4v) is 6.42. The number of nitrogens with zero attached hydrogens (tertiary/aromatic N) is 3. The molecule has 0 radical (unpaired) electrons. The van der Waals surface area contributed by atoms with Gasteiger partial charge in [-0.3, -0.25) is 4.79 Å². The minimum atomic E-state index is -0.00678. The zero-order valence-electron chi connectivity index (χ0n) is 14.3. The number of aryl methyl sites for hydroxylation is 1. The van der Waals surface area contributed by atoms with Gasteiger partial charge in [0.15, 0.2) is 4.34 Å². The van der Waals surface area contributed by atoms with Gasteiger partial charge in [-0.15, -0.1) is 21.5 Å². The summed E-state index contributed by atoms with van der Waals surface area (Å²) in [6, 6.07) is 0. The Morgan fingerprint density at radius 3 is 2.96 bits per heavy atom. The number of aromatic amines is 1. The predicted octanol–water partition coefficient (Wildman–Crippen LogP) is 3.86. The number of nitrogens with one attached hydrogen (secondary N) is 2. The molecule has 0 aromatic carbocycles. The molecule has 0 saturated heterocycles. The largest absolute Gasteiger partial charge is 0.363 e. The minimum Gasteiger partial charge on any atom is -0.363 e. The van der Waals surface area contributed by atoms with Crippen LogP contribution in [0, 0.1) is 5.92 Å². The van der Waals surface area contributed by atoms with E-state index in [2.05, 4.69) is 27.4 Å². The molecule has 3 aromatic rings. The molecule has 1 aliphatic rings. The maximum Gasteiger partial charge on any atom is 0.259 e. The van der Waals surface area contributed by atoms with Gasteiger partial charge in [-0.05, 0) is 37.7 Å². The highest BCUT2D eigenvalue weighted by Crippen LogP contribution is 2.38. The van der Waals surface area contributed by atoms with Crippen molar-refractivity contribution in [2.45, 2.75) is 42.7 Å². The smallest absolute Gasteiger partial charge is 0.259 e. The molecular formula is C16H19N5OS3. The van der Waals surface area contributed by atoms with E-state index in [1.807, 2.05) is 14.0 Å². The van der Waals surface area contributed by atoms with Crippen molar-refractivity contribution in [3.63, 3.8) is 0 Å². The van der Waals surface area contributed by atoms with E-state index in [4.69, 9.17) is 4.98 Å². The van der Waals surface area contributed by atoms with Gasteiger partial charge in [-0.1, -0.05) is 30.0 Å². The molecule has 6 nitrogen and oxygen atoms in total. The van der Waals surface area contributed by atoms with Crippen LogP contribution in [-0.4, -0.2) is 27.2 Å². The third kappa shape index (κ3) is 3.20. The third-order valence-corrected chi connectivity index (χ3v) is 7.75. The second kappa shape index (κ2) is 6.69. The number of H-pyrrole nitrogens is 1. The van der Waals surface area contributed by atoms with E-state index in [0.29, 0.717) is 11.7 Å². The Morgan fingerprint density at radius 1 is 1.36 bits per heavy atom. The fourth-order valence-electron chi connectivity index (χ4n) is 3.12. The highest BCUT2D eigenvalue weighted by atomic mass is 32.2. The van der Waals surface area contributed by atoms with Crippen LogP contribution >= 0.6 is 34.4 Å². The average molecular weight is 394 g/mol. The van der Waals surface area contributed by atoms with E-state index in [1.54, 1.807) is 23.1 Å². The van der Waals surface area contributed by atoms with Crippen LogP contribution in [0.1, 0.15) is 41.8 Å². The first-order valence-corrected chi connectivity index (χ1v) is 10.8. The maximum absolute atomic E-state index is 12.7. The van der Waals surface area contributed by atoms with Gasteiger partial charge in [-0.25, -0.2) is 4.98 Å². The van der Waals surface area contributed by atoms with E-state index >= 15 is 0 Å². The van der Waals surface area contributed by atoms with Crippen LogP contribution in [0.4, 0.5) is 5.13 Å². The molecule has 132 valence electrons. The Hall–Kier alpha value is -1.45. The Labute approximate surface area is 157 Å². The Balaban J connectivity index is 1.67. The molecule has 9 heteroatoms. The number of hydrogen-bond donors (Lipinski definition) is 2. The zero-order chi connectivity index (χ0) is 17.6. The molecule has 25 heavy (non-hydrogen) atoms. The van der Waals surface area contributed by atoms with E-state index in [0.717, 1.165) is 39.0 Å². The zero-order valence-corrected chi connectivity index (χ0v) is 16.7. The molecule has 1 aliphatic carbocycles. The Bertz CT molecular complexity index is 976. The molecule has 3 heterocycles. The Morgan fingerprint density at radius 2 is 2.20 bits per heavy atom. The van der Waals surface area contributed by atoms with Gasteiger partial charge in [0, 0.05) is 11.9 Å². The third-order valence-electron chi connectivity index (χ3n) is 4.47. The number of aromatic nitrogens is 4. The maximum atomic E-state index is 12.7. The summed E-state index contributed by atoms with van der Waals surface area (Å²) in [4.78, 5) is 22.7. The van der Waals surface area contributed by atoms with Crippen LogP contribution in [0.15, 0.2) is 9.13 Å². The molecule has 0 aliphatic heterocycles. The number of rotatable bonds is 4. The summed E-state index contributed by atoms with van der Waals surface area (Å²) < 4.78 is 0.860. The summed E-state index contributed by atoms with van der Waals surface area (Å²) in [5, 5.41) is 12.8. The molecule has 2 atom stereocenters. The average Bonchev–Trinajstić information content (AvgIpc) is 3.17. The van der Waals surface area contributed by atoms with Gasteiger partial charge in [-0.2, -0.15) is 0 Å². The van der Waals surface area contributed by atoms with Gasteiger partial charge in [0.1, 0.15) is 10.7 Å². The monoisotopic (exact) mass is 393 g/mol. The molecule has 0 fully saturated rings. The Kier molecular flexibility index (Phi) is 4.55. The van der Waals surface area contributed by atoms with Crippen LogP contribution in [0.5, 0.6) is 0 Å². The topological polar surface area (TPSA) is 83.6 Å². The molecule has 0 amide bonds. The lowest BCUT2D eigenvalue weighted by atomic mass is 9.89. The number of thioether (sulfide) groups is 1. The van der Waals surface area contributed by atoms with Crippen molar-refractivity contribution in [3.8, 4) is 0 Å². The van der Waals surface area contributed by atoms with Crippen molar-refractivity contribution in [3.05, 3.63) is 26.6 Å². The fraction of sp³-hybridized carbons (Fsp3) is 0.500. The normalized spacial score (nSPS) is 18.3. The van der Waals surface area contributed by atoms with Gasteiger partial charge >= 0.3 is 0 Å². The van der Waals surface area contributed by atoms with E-state index < -0.39 is 0 Å². The molecular weight excluding hydrogens is 374 g/mol. The summed E-state index contributed by atoms with van der Waals surface area (Å²) in [5.41, 5.74) is 1.22. The van der Waals surface area contributed by atoms with Crippen molar-refractivity contribution in [1.29, 1.82) is 0 Å². The quantitative estimate of drug-likeness (QED) is 0.655. The number of thiophene rings is 1. The summed E-state index contributed by atoms with van der Waals surface area (Å²) in [5.74, 6) is 1.39.